The normalized spacial score (nSPS) is 43.9. The van der Waals surface area contributed by atoms with Crippen LogP contribution in [0.4, 0.5) is 0 Å². The molecule has 0 N–H and O–H groups in total. The summed E-state index contributed by atoms with van der Waals surface area (Å²) in [5, 5.41) is 0. The molecule has 4 unspecified atom stereocenters. The highest BCUT2D eigenvalue weighted by atomic mass is 16.5. The van der Waals surface area contributed by atoms with Crippen LogP contribution < -0.4 is 0 Å². The molecule has 1 heteroatoms. The molecule has 1 nitrogen and oxygen atoms in total. The van der Waals surface area contributed by atoms with Gasteiger partial charge in [0.15, 0.2) is 0 Å². The Kier molecular flexibility index (Phi) is 6.49. The molecule has 0 bridgehead atoms. The van der Waals surface area contributed by atoms with Crippen LogP contribution in [0.3, 0.4) is 0 Å². The Morgan fingerprint density at radius 1 is 1.07 bits per heavy atom. The lowest BCUT2D eigenvalue weighted by molar-refractivity contribution is -0.0580. The minimum Gasteiger partial charge on any atom is -0.498 e. The summed E-state index contributed by atoms with van der Waals surface area (Å²) in [7, 11) is 0. The number of rotatable bonds is 7. The van der Waals surface area contributed by atoms with Gasteiger partial charge in [-0.2, -0.15) is 0 Å². The van der Waals surface area contributed by atoms with Gasteiger partial charge in [0.1, 0.15) is 6.10 Å². The van der Waals surface area contributed by atoms with E-state index in [1.165, 1.54) is 64.2 Å². The zero-order chi connectivity index (χ0) is 21.5. The molecule has 0 aliphatic heterocycles. The first-order chi connectivity index (χ1) is 14.3. The minimum absolute atomic E-state index is 0.370. The topological polar surface area (TPSA) is 9.23 Å². The van der Waals surface area contributed by atoms with Gasteiger partial charge in [0.25, 0.3) is 0 Å². The lowest BCUT2D eigenvalue weighted by Gasteiger charge is -2.58. The molecule has 0 saturated heterocycles. The van der Waals surface area contributed by atoms with Gasteiger partial charge in [-0.15, -0.1) is 0 Å². The third-order valence-electron chi connectivity index (χ3n) is 10.5. The van der Waals surface area contributed by atoms with Gasteiger partial charge < -0.3 is 4.74 Å². The lowest BCUT2D eigenvalue weighted by Crippen LogP contribution is -2.50. The molecule has 170 valence electrons. The first-order valence-electron chi connectivity index (χ1n) is 13.3. The molecule has 0 spiro atoms. The highest BCUT2D eigenvalue weighted by Crippen LogP contribution is 2.67. The molecule has 4 aliphatic rings. The first-order valence-corrected chi connectivity index (χ1v) is 13.3. The van der Waals surface area contributed by atoms with Crippen molar-refractivity contribution in [3.05, 3.63) is 24.5 Å². The molecule has 3 saturated carbocycles. The van der Waals surface area contributed by atoms with Crippen LogP contribution in [0, 0.1) is 46.3 Å². The molecule has 4 rings (SSSR count). The molecule has 4 aliphatic carbocycles. The Bertz CT molecular complexity index is 647. The summed E-state index contributed by atoms with van der Waals surface area (Å²) in [6, 6.07) is 0. The standard InChI is InChI=1S/C29H48O/c1-7-30-23-15-17-28(5)22(19-23)11-12-24-26-14-13-25(21(4)10-8-9-20(2)3)29(26,6)18-16-27(24)28/h7,11,20-21,23-27H,1,8-10,12-19H2,2-6H3/t21-,23?,24?,25-,26?,27?,28+,29-/m1/s1. The zero-order valence-corrected chi connectivity index (χ0v) is 20.6. The molecule has 30 heavy (non-hydrogen) atoms. The smallest absolute Gasteiger partial charge is 0.102 e. The average Bonchev–Trinajstić information content (AvgIpc) is 3.05. The van der Waals surface area contributed by atoms with Crippen LogP contribution in [0.5, 0.6) is 0 Å². The van der Waals surface area contributed by atoms with E-state index < -0.39 is 0 Å². The summed E-state index contributed by atoms with van der Waals surface area (Å²) in [6.07, 6.45) is 19.9. The summed E-state index contributed by atoms with van der Waals surface area (Å²) >= 11 is 0. The average molecular weight is 413 g/mol. The van der Waals surface area contributed by atoms with E-state index in [0.29, 0.717) is 16.9 Å². The monoisotopic (exact) mass is 412 g/mol. The molecule has 3 fully saturated rings. The highest BCUT2D eigenvalue weighted by molar-refractivity contribution is 5.25. The van der Waals surface area contributed by atoms with Crippen LogP contribution in [0.25, 0.3) is 0 Å². The van der Waals surface area contributed by atoms with Gasteiger partial charge in [-0.05, 0) is 91.3 Å². The van der Waals surface area contributed by atoms with E-state index in [9.17, 15) is 0 Å². The second-order valence-corrected chi connectivity index (χ2v) is 12.5. The van der Waals surface area contributed by atoms with Crippen molar-refractivity contribution in [2.75, 3.05) is 0 Å². The Balaban J connectivity index is 1.47. The third-order valence-corrected chi connectivity index (χ3v) is 10.5. The third kappa shape index (κ3) is 3.81. The van der Waals surface area contributed by atoms with Gasteiger partial charge in [-0.25, -0.2) is 0 Å². The predicted octanol–water partition coefficient (Wildman–Crippen LogP) is 8.56. The van der Waals surface area contributed by atoms with Crippen LogP contribution in [-0.4, -0.2) is 6.10 Å². The second kappa shape index (κ2) is 8.67. The maximum Gasteiger partial charge on any atom is 0.102 e. The maximum absolute atomic E-state index is 5.81. The van der Waals surface area contributed by atoms with Gasteiger partial charge in [0.2, 0.25) is 0 Å². The molecular weight excluding hydrogens is 364 g/mol. The fourth-order valence-electron chi connectivity index (χ4n) is 8.90. The van der Waals surface area contributed by atoms with Crippen molar-refractivity contribution in [2.24, 2.45) is 46.3 Å². The van der Waals surface area contributed by atoms with E-state index in [1.807, 2.05) is 0 Å². The van der Waals surface area contributed by atoms with Gasteiger partial charge in [-0.1, -0.05) is 72.1 Å². The number of hydrogen-bond acceptors (Lipinski definition) is 1. The Morgan fingerprint density at radius 3 is 2.60 bits per heavy atom. The van der Waals surface area contributed by atoms with Crippen LogP contribution in [0.2, 0.25) is 0 Å². The van der Waals surface area contributed by atoms with Crippen LogP contribution in [0.1, 0.15) is 105 Å². The second-order valence-electron chi connectivity index (χ2n) is 12.5. The van der Waals surface area contributed by atoms with Gasteiger partial charge in [-0.3, -0.25) is 0 Å². The predicted molar refractivity (Wildman–Crippen MR) is 128 cm³/mol. The van der Waals surface area contributed by atoms with Crippen LogP contribution in [0.15, 0.2) is 24.5 Å². The molecule has 0 aromatic heterocycles. The van der Waals surface area contributed by atoms with E-state index in [2.05, 4.69) is 47.3 Å². The summed E-state index contributed by atoms with van der Waals surface area (Å²) in [5.74, 6) is 5.54. The van der Waals surface area contributed by atoms with E-state index in [0.717, 1.165) is 41.9 Å². The van der Waals surface area contributed by atoms with Crippen molar-refractivity contribution in [2.45, 2.75) is 111 Å². The highest BCUT2D eigenvalue weighted by Gasteiger charge is 2.59. The van der Waals surface area contributed by atoms with Crippen molar-refractivity contribution in [3.8, 4) is 0 Å². The van der Waals surface area contributed by atoms with Crippen molar-refractivity contribution >= 4 is 0 Å². The quantitative estimate of drug-likeness (QED) is 0.300. The molecule has 0 amide bonds. The van der Waals surface area contributed by atoms with Crippen molar-refractivity contribution in [3.63, 3.8) is 0 Å². The minimum atomic E-state index is 0.370. The van der Waals surface area contributed by atoms with Crippen molar-refractivity contribution < 1.29 is 4.74 Å². The molecule has 0 radical (unpaired) electrons. The molecule has 8 atom stereocenters. The molecule has 0 aromatic rings. The van der Waals surface area contributed by atoms with E-state index in [4.69, 9.17) is 4.74 Å². The lowest BCUT2D eigenvalue weighted by atomic mass is 9.47. The number of hydrogen-bond donors (Lipinski definition) is 0. The van der Waals surface area contributed by atoms with Gasteiger partial charge in [0.05, 0.1) is 6.26 Å². The Labute approximate surface area is 187 Å². The van der Waals surface area contributed by atoms with E-state index >= 15 is 0 Å². The number of fused-ring (bicyclic) bond motifs is 5. The number of ether oxygens (including phenoxy) is 1. The van der Waals surface area contributed by atoms with Gasteiger partial charge >= 0.3 is 0 Å². The summed E-state index contributed by atoms with van der Waals surface area (Å²) in [6.45, 7) is 16.5. The van der Waals surface area contributed by atoms with E-state index in [-0.39, 0.29) is 0 Å². The SMILES string of the molecule is C=COC1CC[C@@]2(C)C(=CCC3C2CC[C@@]2(C)C3CC[C@@H]2[C@H](C)CCCC(C)C)C1. The largest absolute Gasteiger partial charge is 0.498 e. The van der Waals surface area contributed by atoms with E-state index in [1.54, 1.807) is 11.8 Å². The van der Waals surface area contributed by atoms with Gasteiger partial charge in [0, 0.05) is 6.42 Å². The molecular formula is C29H48O. The number of allylic oxidation sites excluding steroid dienone is 1. The van der Waals surface area contributed by atoms with Crippen molar-refractivity contribution in [1.82, 2.24) is 0 Å². The fourth-order valence-corrected chi connectivity index (χ4v) is 8.90. The zero-order valence-electron chi connectivity index (χ0n) is 20.6. The summed E-state index contributed by atoms with van der Waals surface area (Å²) < 4.78 is 5.81. The summed E-state index contributed by atoms with van der Waals surface area (Å²) in [5.41, 5.74) is 2.76. The summed E-state index contributed by atoms with van der Waals surface area (Å²) in [4.78, 5) is 0. The Hall–Kier alpha value is -0.720. The Morgan fingerprint density at radius 2 is 1.87 bits per heavy atom. The van der Waals surface area contributed by atoms with Crippen LogP contribution >= 0.6 is 0 Å². The van der Waals surface area contributed by atoms with Crippen LogP contribution in [-0.2, 0) is 4.74 Å². The maximum atomic E-state index is 5.81. The molecule has 0 aromatic carbocycles. The van der Waals surface area contributed by atoms with Crippen molar-refractivity contribution in [1.29, 1.82) is 0 Å². The molecule has 0 heterocycles. The first kappa shape index (κ1) is 22.5. The fraction of sp³-hybridized carbons (Fsp3) is 0.862.